The second kappa shape index (κ2) is 38.0. The van der Waals surface area contributed by atoms with Crippen LogP contribution in [0.4, 0.5) is 0 Å². The molecule has 6 aliphatic heterocycles. The number of benzene rings is 1. The molecule has 36 heteroatoms. The summed E-state index contributed by atoms with van der Waals surface area (Å²) in [5.41, 5.74) is 0.0182. The molecule has 98 heavy (non-hydrogen) atoms. The molecular weight excluding hydrogens is 1310 g/mol. The van der Waals surface area contributed by atoms with Crippen LogP contribution in [-0.4, -0.2) is 330 Å². The van der Waals surface area contributed by atoms with Crippen LogP contribution in [0.2, 0.25) is 0 Å². The maximum absolute atomic E-state index is 14.3. The summed E-state index contributed by atoms with van der Waals surface area (Å²) in [6.45, 7) is 2.73. The van der Waals surface area contributed by atoms with Gasteiger partial charge in [-0.3, -0.25) is 28.8 Å². The van der Waals surface area contributed by atoms with Gasteiger partial charge in [0.1, 0.15) is 146 Å². The third kappa shape index (κ3) is 20.4. The van der Waals surface area contributed by atoms with E-state index in [9.17, 15) is 95.5 Å². The first-order valence-corrected chi connectivity index (χ1v) is 33.2. The van der Waals surface area contributed by atoms with Gasteiger partial charge in [0.25, 0.3) is 5.91 Å². The number of aliphatic hydroxyl groups excluding tert-OH is 14. The van der Waals surface area contributed by atoms with E-state index in [4.69, 9.17) is 56.9 Å². The molecule has 0 radical (unpaired) electrons. The van der Waals surface area contributed by atoms with Crippen molar-refractivity contribution in [2.24, 2.45) is 0 Å². The van der Waals surface area contributed by atoms with Crippen LogP contribution < -0.4 is 26.0 Å². The Bertz CT molecular complexity index is 2660. The van der Waals surface area contributed by atoms with E-state index in [1.54, 1.807) is 12.1 Å². The maximum atomic E-state index is 14.3. The van der Waals surface area contributed by atoms with Gasteiger partial charge in [-0.2, -0.15) is 0 Å². The fourth-order valence-corrected chi connectivity index (χ4v) is 12.7. The number of unbranched alkanes of at least 4 members (excludes halogenated alkanes) is 8. The lowest BCUT2D eigenvalue weighted by Crippen LogP contribution is -2.72. The van der Waals surface area contributed by atoms with E-state index in [2.05, 4.69) is 28.2 Å². The van der Waals surface area contributed by atoms with Gasteiger partial charge in [0.15, 0.2) is 31.5 Å². The Morgan fingerprint density at radius 2 is 0.908 bits per heavy atom. The van der Waals surface area contributed by atoms with Crippen molar-refractivity contribution in [3.05, 3.63) is 29.8 Å². The Kier molecular flexibility index (Phi) is 31.3. The molecule has 18 unspecified atom stereocenters. The van der Waals surface area contributed by atoms with E-state index in [0.717, 1.165) is 53.4 Å². The van der Waals surface area contributed by atoms with Crippen LogP contribution in [-0.2, 0) is 71.4 Å². The van der Waals surface area contributed by atoms with E-state index in [1.807, 2.05) is 0 Å². The smallest absolute Gasteiger partial charge is 0.278 e. The van der Waals surface area contributed by atoms with Crippen molar-refractivity contribution in [2.45, 2.75) is 277 Å². The average molecular weight is 1410 g/mol. The van der Waals surface area contributed by atoms with E-state index in [0.29, 0.717) is 17.4 Å². The van der Waals surface area contributed by atoms with Crippen molar-refractivity contribution in [2.75, 3.05) is 46.2 Å². The van der Waals surface area contributed by atoms with Crippen LogP contribution in [0.1, 0.15) is 110 Å². The minimum absolute atomic E-state index is 0.0182. The predicted molar refractivity (Wildman–Crippen MR) is 328 cm³/mol. The number of hydroxylamine groups is 2. The SMILES string of the molecule is CCCCCCCCCCCOc1cccc(C(=O)N2OC(CO)[C@@H](O)C(O)C2CO[C@@H]2C(CO)OC(OC3C(CO)O[C@@H](O[C@@H]4C(CO)O[C@@H](OC5C(CO[C@@H]6OC(C)C(O)C(O)C6O)O[C@@H](O)[C@@H](NC(C)=O)[C@H]5O)C(NC(C)=O)C4O)[C@@H](NC(C)=O)[C@H]3O)C(NC(C)=O)C2O)c1. The van der Waals surface area contributed by atoms with Crippen molar-refractivity contribution >= 4 is 29.5 Å². The monoisotopic (exact) mass is 1410 g/mol. The largest absolute Gasteiger partial charge is 0.494 e. The zero-order chi connectivity index (χ0) is 71.8. The number of hydrogen-bond donors (Lipinski definition) is 18. The Hall–Kier alpha value is -4.63. The molecule has 0 saturated carbocycles. The fourth-order valence-electron chi connectivity index (χ4n) is 12.7. The highest BCUT2D eigenvalue weighted by Crippen LogP contribution is 2.37. The van der Waals surface area contributed by atoms with Crippen LogP contribution in [0.25, 0.3) is 0 Å². The number of nitrogens with one attached hydrogen (secondary N) is 4. The number of rotatable bonds is 32. The van der Waals surface area contributed by atoms with Crippen molar-refractivity contribution in [3.8, 4) is 5.75 Å². The lowest BCUT2D eigenvalue weighted by atomic mass is 9.93. The zero-order valence-electron chi connectivity index (χ0n) is 55.5. The highest BCUT2D eigenvalue weighted by Gasteiger charge is 2.58. The summed E-state index contributed by atoms with van der Waals surface area (Å²) in [6.07, 6.45) is -32.6. The Labute approximate surface area is 565 Å². The van der Waals surface area contributed by atoms with E-state index >= 15 is 0 Å². The number of amides is 5. The number of nitrogens with zero attached hydrogens (tertiary/aromatic N) is 1. The van der Waals surface area contributed by atoms with E-state index in [1.165, 1.54) is 51.2 Å². The van der Waals surface area contributed by atoms with Gasteiger partial charge >= 0.3 is 0 Å². The zero-order valence-corrected chi connectivity index (χ0v) is 55.5. The molecule has 5 amide bonds. The van der Waals surface area contributed by atoms with Crippen LogP contribution in [0, 0.1) is 0 Å². The number of carbonyl (C=O) groups excluding carboxylic acids is 5. The van der Waals surface area contributed by atoms with Crippen LogP contribution in [0.3, 0.4) is 0 Å². The first-order chi connectivity index (χ1) is 46.7. The standard InChI is InChI=1S/C62H101N5O31/c1-7-8-9-10-11-12-13-14-15-19-87-33-18-16-17-32(20-33)57(85)67-34(45(77)46(78)35(21-68)98-67)25-88-53-36(22-69)92-59(41(48(53)80)64-29(4)73)95-54-37(23-70)93-60(42(49(54)81)65-30(5)74)96-55-38(24-71)94-61(43(50(55)82)66-31(6)75)97-56-39(91-58(86)40(47(56)79)63-28(3)72)26-89-62-52(84)51(83)44(76)27(2)90-62/h16-18,20,27,34-56,58-62,68-71,76-84,86H,7-15,19,21-26H2,1-6H3,(H,63,72)(H,64,73)(H,65,74)(H,66,75)/t27?,34?,35?,36?,37?,38?,39?,40-,41?,42-,43?,44?,45?,46+,47+,48?,49+,50?,51?,52?,53+,54?,55+,56?,58+,59?,60-,61-,62+/m0/s1. The summed E-state index contributed by atoms with van der Waals surface area (Å²) < 4.78 is 66.0. The molecule has 6 saturated heterocycles. The summed E-state index contributed by atoms with van der Waals surface area (Å²) in [6, 6.07) is -2.34. The van der Waals surface area contributed by atoms with Gasteiger partial charge in [0.2, 0.25) is 23.6 Å². The van der Waals surface area contributed by atoms with Gasteiger partial charge in [0.05, 0.1) is 52.4 Å². The molecule has 1 aromatic carbocycles. The first-order valence-electron chi connectivity index (χ1n) is 33.2. The molecule has 560 valence electrons. The lowest BCUT2D eigenvalue weighted by Gasteiger charge is -2.51. The molecule has 6 fully saturated rings. The summed E-state index contributed by atoms with van der Waals surface area (Å²) in [7, 11) is 0. The molecule has 6 heterocycles. The summed E-state index contributed by atoms with van der Waals surface area (Å²) in [5.74, 6) is -3.72. The van der Waals surface area contributed by atoms with Crippen LogP contribution >= 0.6 is 0 Å². The Balaban J connectivity index is 1.06. The van der Waals surface area contributed by atoms with Gasteiger partial charge in [0, 0.05) is 33.3 Å². The number of carbonyl (C=O) groups is 5. The molecule has 7 rings (SSSR count). The highest BCUT2D eigenvalue weighted by atomic mass is 16.8. The molecule has 0 aliphatic carbocycles. The summed E-state index contributed by atoms with van der Waals surface area (Å²) in [4.78, 5) is 71.1. The molecule has 0 aromatic heterocycles. The molecular formula is C62H101N5O31. The molecule has 6 aliphatic rings. The quantitative estimate of drug-likeness (QED) is 0.0298. The molecule has 29 atom stereocenters. The summed E-state index contributed by atoms with van der Waals surface area (Å²) in [5, 5.41) is 166. The van der Waals surface area contributed by atoms with Crippen LogP contribution in [0.15, 0.2) is 24.3 Å². The first kappa shape index (κ1) is 80.7. The van der Waals surface area contributed by atoms with E-state index in [-0.39, 0.29) is 5.56 Å². The summed E-state index contributed by atoms with van der Waals surface area (Å²) >= 11 is 0. The van der Waals surface area contributed by atoms with Gasteiger partial charge < -0.3 is 145 Å². The molecule has 18 N–H and O–H groups in total. The van der Waals surface area contributed by atoms with Crippen molar-refractivity contribution in [1.29, 1.82) is 0 Å². The maximum Gasteiger partial charge on any atom is 0.278 e. The number of hydrogen-bond acceptors (Lipinski definition) is 31. The van der Waals surface area contributed by atoms with Gasteiger partial charge in [-0.25, -0.2) is 5.06 Å². The number of ether oxygens (including phenoxy) is 11. The van der Waals surface area contributed by atoms with Crippen LogP contribution in [0.5, 0.6) is 5.75 Å². The topological polar surface area (TPSA) is 531 Å². The highest BCUT2D eigenvalue weighted by molar-refractivity contribution is 5.94. The Morgan fingerprint density at radius 1 is 0.459 bits per heavy atom. The minimum Gasteiger partial charge on any atom is -0.494 e. The normalized spacial score (nSPS) is 39.1. The van der Waals surface area contributed by atoms with Crippen molar-refractivity contribution < 1.29 is 152 Å². The van der Waals surface area contributed by atoms with Crippen molar-refractivity contribution in [1.82, 2.24) is 26.3 Å². The molecule has 0 spiro atoms. The predicted octanol–water partition coefficient (Wildman–Crippen LogP) is -6.85. The van der Waals surface area contributed by atoms with Crippen molar-refractivity contribution in [3.63, 3.8) is 0 Å². The lowest BCUT2D eigenvalue weighted by molar-refractivity contribution is -0.365. The second-order valence-corrected chi connectivity index (χ2v) is 25.4. The fraction of sp³-hybridized carbons (Fsp3) is 0.823. The average Bonchev–Trinajstić information content (AvgIpc) is 0.771. The van der Waals surface area contributed by atoms with Gasteiger partial charge in [-0.1, -0.05) is 64.4 Å². The molecule has 1 aromatic rings. The second-order valence-electron chi connectivity index (χ2n) is 25.4. The third-order valence-corrected chi connectivity index (χ3v) is 18.0. The minimum atomic E-state index is -2.06. The Morgan fingerprint density at radius 3 is 1.40 bits per heavy atom. The molecule has 0 bridgehead atoms. The van der Waals surface area contributed by atoms with Gasteiger partial charge in [-0.15, -0.1) is 0 Å². The number of aliphatic hydroxyl groups is 14. The van der Waals surface area contributed by atoms with Gasteiger partial charge in [-0.05, 0) is 31.5 Å². The van der Waals surface area contributed by atoms with E-state index < -0.39 is 247 Å². The molecule has 36 nitrogen and oxygen atoms in total. The third-order valence-electron chi connectivity index (χ3n) is 18.0.